The number of nitriles is 1. The normalized spacial score (nSPS) is 25.6. The van der Waals surface area contributed by atoms with Crippen molar-refractivity contribution in [1.82, 2.24) is 5.32 Å². The lowest BCUT2D eigenvalue weighted by molar-refractivity contribution is -0.119. The Kier molecular flexibility index (Phi) is 4.74. The molecule has 1 amide bonds. The second-order valence-corrected chi connectivity index (χ2v) is 6.46. The third-order valence-electron chi connectivity index (χ3n) is 5.09. The van der Waals surface area contributed by atoms with E-state index in [1.807, 2.05) is 0 Å². The number of hydrogen-bond acceptors (Lipinski definition) is 3. The molecule has 1 aromatic rings. The first-order chi connectivity index (χ1) is 10.8. The van der Waals surface area contributed by atoms with Gasteiger partial charge in [0.05, 0.1) is 17.7 Å². The van der Waals surface area contributed by atoms with Gasteiger partial charge in [0.25, 0.3) is 0 Å². The van der Waals surface area contributed by atoms with E-state index in [0.29, 0.717) is 17.4 Å². The molecule has 116 valence electrons. The molecule has 0 aromatic heterocycles. The molecule has 1 aliphatic heterocycles. The van der Waals surface area contributed by atoms with Crippen molar-refractivity contribution in [1.29, 1.82) is 5.26 Å². The highest BCUT2D eigenvalue weighted by Crippen LogP contribution is 2.36. The van der Waals surface area contributed by atoms with Gasteiger partial charge in [0, 0.05) is 5.69 Å². The molecular formula is C18H23N3O. The number of nitrogens with one attached hydrogen (secondary N) is 2. The van der Waals surface area contributed by atoms with Crippen LogP contribution in [0.5, 0.6) is 0 Å². The van der Waals surface area contributed by atoms with Crippen molar-refractivity contribution in [2.45, 2.75) is 44.6 Å². The predicted octanol–water partition coefficient (Wildman–Crippen LogP) is 3.06. The lowest BCUT2D eigenvalue weighted by atomic mass is 9.76. The largest absolute Gasteiger partial charge is 0.325 e. The minimum Gasteiger partial charge on any atom is -0.325 e. The molecule has 1 saturated carbocycles. The van der Waals surface area contributed by atoms with Crippen LogP contribution in [0.3, 0.4) is 0 Å². The van der Waals surface area contributed by atoms with Crippen LogP contribution in [-0.4, -0.2) is 18.5 Å². The SMILES string of the molecule is N#Cc1ccc(NC(=O)[C@H]2NCC[C@H]2C2CCCCC2)cc1. The number of carbonyl (C=O) groups excluding carboxylic acids is 1. The fourth-order valence-electron chi connectivity index (χ4n) is 3.93. The third kappa shape index (κ3) is 3.31. The highest BCUT2D eigenvalue weighted by atomic mass is 16.2. The van der Waals surface area contributed by atoms with Crippen LogP contribution in [0.1, 0.15) is 44.1 Å². The number of amides is 1. The number of hydrogen-bond donors (Lipinski definition) is 2. The highest BCUT2D eigenvalue weighted by molar-refractivity contribution is 5.95. The second-order valence-electron chi connectivity index (χ2n) is 6.46. The molecule has 0 bridgehead atoms. The number of anilines is 1. The number of carbonyl (C=O) groups is 1. The second kappa shape index (κ2) is 6.93. The highest BCUT2D eigenvalue weighted by Gasteiger charge is 2.38. The summed E-state index contributed by atoms with van der Waals surface area (Å²) >= 11 is 0. The summed E-state index contributed by atoms with van der Waals surface area (Å²) in [5, 5.41) is 15.2. The van der Waals surface area contributed by atoms with Gasteiger partial charge >= 0.3 is 0 Å². The van der Waals surface area contributed by atoms with Gasteiger partial charge in [-0.2, -0.15) is 5.26 Å². The Labute approximate surface area is 131 Å². The average molecular weight is 297 g/mol. The van der Waals surface area contributed by atoms with Crippen LogP contribution >= 0.6 is 0 Å². The maximum atomic E-state index is 12.6. The number of rotatable bonds is 3. The molecule has 0 spiro atoms. The molecule has 1 heterocycles. The van der Waals surface area contributed by atoms with Gasteiger partial charge in [0.15, 0.2) is 0 Å². The Hall–Kier alpha value is -1.86. The zero-order chi connectivity index (χ0) is 15.4. The Bertz CT molecular complexity index is 555. The van der Waals surface area contributed by atoms with E-state index in [4.69, 9.17) is 5.26 Å². The summed E-state index contributed by atoms with van der Waals surface area (Å²) in [7, 11) is 0. The zero-order valence-electron chi connectivity index (χ0n) is 12.8. The minimum atomic E-state index is -0.0706. The molecule has 22 heavy (non-hydrogen) atoms. The average Bonchev–Trinajstić information content (AvgIpc) is 3.06. The van der Waals surface area contributed by atoms with Crippen LogP contribution in [-0.2, 0) is 4.79 Å². The van der Waals surface area contributed by atoms with Crippen molar-refractivity contribution in [3.05, 3.63) is 29.8 Å². The van der Waals surface area contributed by atoms with Gasteiger partial charge in [-0.15, -0.1) is 0 Å². The molecular weight excluding hydrogens is 274 g/mol. The van der Waals surface area contributed by atoms with Gasteiger partial charge in [-0.05, 0) is 49.1 Å². The van der Waals surface area contributed by atoms with E-state index in [-0.39, 0.29) is 11.9 Å². The molecule has 3 rings (SSSR count). The maximum Gasteiger partial charge on any atom is 0.241 e. The van der Waals surface area contributed by atoms with Crippen LogP contribution in [0.15, 0.2) is 24.3 Å². The van der Waals surface area contributed by atoms with Crippen molar-refractivity contribution in [3.8, 4) is 6.07 Å². The fourth-order valence-corrected chi connectivity index (χ4v) is 3.93. The maximum absolute atomic E-state index is 12.6. The van der Waals surface area contributed by atoms with Crippen molar-refractivity contribution in [2.75, 3.05) is 11.9 Å². The first kappa shape index (κ1) is 15.1. The Morgan fingerprint density at radius 1 is 1.14 bits per heavy atom. The Balaban J connectivity index is 1.63. The topological polar surface area (TPSA) is 64.9 Å². The van der Waals surface area contributed by atoms with Gasteiger partial charge in [-0.1, -0.05) is 32.1 Å². The minimum absolute atomic E-state index is 0.0674. The van der Waals surface area contributed by atoms with E-state index in [9.17, 15) is 4.79 Å². The summed E-state index contributed by atoms with van der Waals surface area (Å²) in [6.07, 6.45) is 7.62. The monoisotopic (exact) mass is 297 g/mol. The van der Waals surface area contributed by atoms with Crippen molar-refractivity contribution in [3.63, 3.8) is 0 Å². The Morgan fingerprint density at radius 2 is 1.86 bits per heavy atom. The smallest absolute Gasteiger partial charge is 0.241 e. The molecule has 0 radical (unpaired) electrons. The molecule has 2 fully saturated rings. The van der Waals surface area contributed by atoms with Crippen molar-refractivity contribution >= 4 is 11.6 Å². The van der Waals surface area contributed by atoms with E-state index in [0.717, 1.165) is 18.7 Å². The van der Waals surface area contributed by atoms with Gasteiger partial charge < -0.3 is 10.6 Å². The third-order valence-corrected chi connectivity index (χ3v) is 5.09. The van der Waals surface area contributed by atoms with Gasteiger partial charge in [-0.25, -0.2) is 0 Å². The molecule has 2 N–H and O–H groups in total. The summed E-state index contributed by atoms with van der Waals surface area (Å²) < 4.78 is 0. The van der Waals surface area contributed by atoms with Crippen LogP contribution in [0.2, 0.25) is 0 Å². The van der Waals surface area contributed by atoms with Crippen LogP contribution in [0.25, 0.3) is 0 Å². The summed E-state index contributed by atoms with van der Waals surface area (Å²) in [6.45, 7) is 0.937. The molecule has 1 saturated heterocycles. The quantitative estimate of drug-likeness (QED) is 0.901. The van der Waals surface area contributed by atoms with E-state index in [1.165, 1.54) is 32.1 Å². The zero-order valence-corrected chi connectivity index (χ0v) is 12.8. The van der Waals surface area contributed by atoms with Crippen LogP contribution < -0.4 is 10.6 Å². The summed E-state index contributed by atoms with van der Waals surface area (Å²) in [6, 6.07) is 9.07. The summed E-state index contributed by atoms with van der Waals surface area (Å²) in [5.74, 6) is 1.23. The van der Waals surface area contributed by atoms with E-state index >= 15 is 0 Å². The van der Waals surface area contributed by atoms with Gasteiger partial charge in [-0.3, -0.25) is 4.79 Å². The first-order valence-corrected chi connectivity index (χ1v) is 8.32. The van der Waals surface area contributed by atoms with Crippen molar-refractivity contribution < 1.29 is 4.79 Å². The molecule has 4 nitrogen and oxygen atoms in total. The lowest BCUT2D eigenvalue weighted by Crippen LogP contribution is -2.42. The van der Waals surface area contributed by atoms with Crippen LogP contribution in [0.4, 0.5) is 5.69 Å². The molecule has 1 aromatic carbocycles. The molecule has 1 aliphatic carbocycles. The molecule has 2 atom stereocenters. The van der Waals surface area contributed by atoms with Crippen molar-refractivity contribution in [2.24, 2.45) is 11.8 Å². The lowest BCUT2D eigenvalue weighted by Gasteiger charge is -2.30. The molecule has 4 heteroatoms. The van der Waals surface area contributed by atoms with E-state index < -0.39 is 0 Å². The standard InChI is InChI=1S/C18H23N3O/c19-12-13-6-8-15(9-7-13)21-18(22)17-16(10-11-20-17)14-4-2-1-3-5-14/h6-9,14,16-17,20H,1-5,10-11H2,(H,21,22)/t16-,17-/m0/s1. The summed E-state index contributed by atoms with van der Waals surface area (Å²) in [5.41, 5.74) is 1.37. The van der Waals surface area contributed by atoms with Gasteiger partial charge in [0.1, 0.15) is 0 Å². The fraction of sp³-hybridized carbons (Fsp3) is 0.556. The summed E-state index contributed by atoms with van der Waals surface area (Å²) in [4.78, 5) is 12.6. The number of benzene rings is 1. The first-order valence-electron chi connectivity index (χ1n) is 8.32. The molecule has 0 unspecified atom stereocenters. The number of nitrogens with zero attached hydrogens (tertiary/aromatic N) is 1. The van der Waals surface area contributed by atoms with E-state index in [1.54, 1.807) is 24.3 Å². The van der Waals surface area contributed by atoms with Crippen LogP contribution in [0, 0.1) is 23.2 Å². The molecule has 2 aliphatic rings. The van der Waals surface area contributed by atoms with E-state index in [2.05, 4.69) is 16.7 Å². The Morgan fingerprint density at radius 3 is 2.55 bits per heavy atom. The predicted molar refractivity (Wildman–Crippen MR) is 86.3 cm³/mol. The van der Waals surface area contributed by atoms with Gasteiger partial charge in [0.2, 0.25) is 5.91 Å².